The number of hydrogen-bond acceptors (Lipinski definition) is 7. The van der Waals surface area contributed by atoms with Crippen molar-refractivity contribution in [1.29, 1.82) is 0 Å². The van der Waals surface area contributed by atoms with E-state index >= 15 is 0 Å². The lowest BCUT2D eigenvalue weighted by Gasteiger charge is -2.49. The molecule has 0 heterocycles. The molecule has 0 amide bonds. The molecule has 2 saturated carbocycles. The van der Waals surface area contributed by atoms with E-state index in [9.17, 15) is 24.6 Å². The molecule has 4 aliphatic carbocycles. The lowest BCUT2D eigenvalue weighted by atomic mass is 9.59. The molecule has 8 atom stereocenters. The molecule has 39 heavy (non-hydrogen) atoms. The number of esters is 2. The normalized spacial score (nSPS) is 38.4. The zero-order valence-corrected chi connectivity index (χ0v) is 24.1. The fourth-order valence-electron chi connectivity index (χ4n) is 7.88. The van der Waals surface area contributed by atoms with Crippen molar-refractivity contribution < 1.29 is 34.1 Å². The Labute approximate surface area is 232 Å². The first-order chi connectivity index (χ1) is 18.4. The summed E-state index contributed by atoms with van der Waals surface area (Å²) in [6.45, 7) is 10.8. The number of ether oxygens (including phenoxy) is 2. The molecule has 7 heteroatoms. The van der Waals surface area contributed by atoms with Crippen LogP contribution in [0.15, 0.2) is 47.6 Å². The fraction of sp³-hybridized carbons (Fsp3) is 0.656. The summed E-state index contributed by atoms with van der Waals surface area (Å²) in [5.41, 5.74) is -2.84. The second-order valence-electron chi connectivity index (χ2n) is 12.6. The van der Waals surface area contributed by atoms with E-state index in [0.29, 0.717) is 12.0 Å². The smallest absolute Gasteiger partial charge is 0.331 e. The number of carbonyl (C=O) groups excluding carboxylic acids is 3. The molecule has 2 bridgehead atoms. The minimum absolute atomic E-state index is 0.0519. The van der Waals surface area contributed by atoms with E-state index in [1.165, 1.54) is 13.0 Å². The average molecular weight is 541 g/mol. The van der Waals surface area contributed by atoms with E-state index in [2.05, 4.69) is 20.8 Å². The number of Topliss-reactive ketones (excluding diaryl/α,β-unsaturated/α-hetero) is 1. The first kappa shape index (κ1) is 29.5. The topological polar surface area (TPSA) is 110 Å². The Bertz CT molecular complexity index is 1130. The van der Waals surface area contributed by atoms with Crippen molar-refractivity contribution in [3.63, 3.8) is 0 Å². The SMILES string of the molecule is CCCCC/C=C\C=C\C(=O)O[C@H]1C(C)=CC23C(=O)[C@@H](C=C(CO)[C@@H](OC(C)=O)[C@]12O)[C@H]1[C@@H](C[C@H]3C)C1(C)C. The molecule has 1 spiro atoms. The van der Waals surface area contributed by atoms with Crippen molar-refractivity contribution in [2.75, 3.05) is 6.61 Å². The van der Waals surface area contributed by atoms with Gasteiger partial charge < -0.3 is 19.7 Å². The highest BCUT2D eigenvalue weighted by atomic mass is 16.6. The summed E-state index contributed by atoms with van der Waals surface area (Å²) in [6.07, 6.45) is 12.5. The van der Waals surface area contributed by atoms with Crippen LogP contribution in [-0.4, -0.2) is 52.4 Å². The molecular formula is C32H44O7. The lowest BCUT2D eigenvalue weighted by molar-refractivity contribution is -0.210. The van der Waals surface area contributed by atoms with E-state index in [0.717, 1.165) is 25.7 Å². The van der Waals surface area contributed by atoms with Gasteiger partial charge in [0.2, 0.25) is 0 Å². The Morgan fingerprint density at radius 1 is 1.15 bits per heavy atom. The molecule has 4 rings (SSSR count). The van der Waals surface area contributed by atoms with Gasteiger partial charge in [-0.2, -0.15) is 0 Å². The second-order valence-corrected chi connectivity index (χ2v) is 12.6. The summed E-state index contributed by atoms with van der Waals surface area (Å²) >= 11 is 0. The molecule has 0 radical (unpaired) electrons. The van der Waals surface area contributed by atoms with Crippen LogP contribution in [0.1, 0.15) is 73.6 Å². The number of aliphatic hydroxyl groups excluding tert-OH is 1. The Morgan fingerprint density at radius 2 is 1.87 bits per heavy atom. The number of aliphatic hydroxyl groups is 2. The van der Waals surface area contributed by atoms with Gasteiger partial charge in [-0.15, -0.1) is 0 Å². The molecule has 0 aliphatic heterocycles. The van der Waals surface area contributed by atoms with Crippen molar-refractivity contribution in [1.82, 2.24) is 0 Å². The highest BCUT2D eigenvalue weighted by molar-refractivity contribution is 5.95. The van der Waals surface area contributed by atoms with Crippen LogP contribution < -0.4 is 0 Å². The Morgan fingerprint density at radius 3 is 2.51 bits per heavy atom. The number of rotatable bonds is 9. The second kappa shape index (κ2) is 10.8. The quantitative estimate of drug-likeness (QED) is 0.144. The van der Waals surface area contributed by atoms with Gasteiger partial charge in [0.05, 0.1) is 12.0 Å². The van der Waals surface area contributed by atoms with Gasteiger partial charge in [0.25, 0.3) is 0 Å². The molecule has 214 valence electrons. The number of hydrogen-bond donors (Lipinski definition) is 2. The van der Waals surface area contributed by atoms with Crippen molar-refractivity contribution in [3.05, 3.63) is 47.6 Å². The monoisotopic (exact) mass is 540 g/mol. The van der Waals surface area contributed by atoms with Crippen LogP contribution in [0, 0.1) is 34.5 Å². The van der Waals surface area contributed by atoms with Crippen molar-refractivity contribution in [2.24, 2.45) is 34.5 Å². The predicted molar refractivity (Wildman–Crippen MR) is 147 cm³/mol. The molecule has 2 N–H and O–H groups in total. The third-order valence-corrected chi connectivity index (χ3v) is 9.84. The van der Waals surface area contributed by atoms with E-state index in [4.69, 9.17) is 9.47 Å². The van der Waals surface area contributed by atoms with E-state index in [-0.39, 0.29) is 34.5 Å². The number of ketones is 1. The zero-order valence-electron chi connectivity index (χ0n) is 24.1. The molecule has 0 saturated heterocycles. The maximum Gasteiger partial charge on any atom is 0.331 e. The highest BCUT2D eigenvalue weighted by Gasteiger charge is 2.77. The van der Waals surface area contributed by atoms with Gasteiger partial charge >= 0.3 is 11.9 Å². The van der Waals surface area contributed by atoms with Crippen LogP contribution in [0.3, 0.4) is 0 Å². The summed E-state index contributed by atoms with van der Waals surface area (Å²) in [5.74, 6) is -2.06. The minimum Gasteiger partial charge on any atom is -0.455 e. The summed E-state index contributed by atoms with van der Waals surface area (Å²) < 4.78 is 11.6. The van der Waals surface area contributed by atoms with Gasteiger partial charge in [-0.25, -0.2) is 4.79 Å². The van der Waals surface area contributed by atoms with Gasteiger partial charge in [0.15, 0.2) is 23.6 Å². The van der Waals surface area contributed by atoms with Crippen LogP contribution in [0.5, 0.6) is 0 Å². The van der Waals surface area contributed by atoms with Gasteiger partial charge in [-0.1, -0.05) is 70.9 Å². The van der Waals surface area contributed by atoms with E-state index < -0.39 is 47.7 Å². The van der Waals surface area contributed by atoms with Gasteiger partial charge in [-0.3, -0.25) is 9.59 Å². The van der Waals surface area contributed by atoms with Crippen LogP contribution in [-0.2, 0) is 23.9 Å². The largest absolute Gasteiger partial charge is 0.455 e. The number of allylic oxidation sites excluding steroid dienone is 4. The molecule has 0 aromatic rings. The lowest BCUT2D eigenvalue weighted by Crippen LogP contribution is -2.66. The molecular weight excluding hydrogens is 496 g/mol. The number of fused-ring (bicyclic) bond motifs is 3. The molecule has 2 fully saturated rings. The number of unbranched alkanes of at least 4 members (excludes halogenated alkanes) is 3. The summed E-state index contributed by atoms with van der Waals surface area (Å²) in [5, 5.41) is 23.2. The van der Waals surface area contributed by atoms with Crippen molar-refractivity contribution >= 4 is 17.7 Å². The third-order valence-electron chi connectivity index (χ3n) is 9.84. The van der Waals surface area contributed by atoms with Crippen molar-refractivity contribution in [2.45, 2.75) is 91.5 Å². The van der Waals surface area contributed by atoms with E-state index in [1.807, 2.05) is 13.0 Å². The summed E-state index contributed by atoms with van der Waals surface area (Å²) in [7, 11) is 0. The van der Waals surface area contributed by atoms with Crippen LogP contribution in [0.25, 0.3) is 0 Å². The summed E-state index contributed by atoms with van der Waals surface area (Å²) in [4.78, 5) is 39.8. The summed E-state index contributed by atoms with van der Waals surface area (Å²) in [6, 6.07) is 0. The first-order valence-corrected chi connectivity index (χ1v) is 14.4. The van der Waals surface area contributed by atoms with Crippen molar-refractivity contribution in [3.8, 4) is 0 Å². The van der Waals surface area contributed by atoms with Gasteiger partial charge in [0, 0.05) is 18.9 Å². The molecule has 0 aromatic heterocycles. The predicted octanol–water partition coefficient (Wildman–Crippen LogP) is 4.63. The fourth-order valence-corrected chi connectivity index (χ4v) is 7.88. The zero-order chi connectivity index (χ0) is 28.8. The van der Waals surface area contributed by atoms with Crippen LogP contribution in [0.4, 0.5) is 0 Å². The average Bonchev–Trinajstić information content (AvgIpc) is 3.36. The molecule has 7 nitrogen and oxygen atoms in total. The van der Waals surface area contributed by atoms with Gasteiger partial charge in [-0.05, 0) is 60.5 Å². The Balaban J connectivity index is 1.74. The Hall–Kier alpha value is -2.51. The standard InChI is InChI=1S/C32H44O7/c1-7-8-9-10-11-12-13-14-25(35)39-28-19(2)17-31-20(3)15-24-26(30(24,5)6)23(27(31)36)16-22(18-33)29(32(28,31)37)38-21(4)34/h11-14,16-17,20,23-24,26,28-29,33,37H,7-10,15,18H2,1-6H3/b12-11-,14-13+/t20-,23+,24-,26+,28+,29-,31?,32-/m1/s1. The molecule has 4 aliphatic rings. The maximum absolute atomic E-state index is 14.5. The first-order valence-electron chi connectivity index (χ1n) is 14.4. The maximum atomic E-state index is 14.5. The molecule has 0 aromatic carbocycles. The van der Waals surface area contributed by atoms with E-state index in [1.54, 1.807) is 31.2 Å². The Kier molecular flexibility index (Phi) is 8.17. The number of carbonyl (C=O) groups is 3. The third kappa shape index (κ3) is 4.65. The van der Waals surface area contributed by atoms with Crippen LogP contribution in [0.2, 0.25) is 0 Å². The highest BCUT2D eigenvalue weighted by Crippen LogP contribution is 2.71. The minimum atomic E-state index is -2.11. The van der Waals surface area contributed by atoms with Crippen LogP contribution >= 0.6 is 0 Å². The molecule has 1 unspecified atom stereocenters. The van der Waals surface area contributed by atoms with Gasteiger partial charge in [0.1, 0.15) is 0 Å².